The van der Waals surface area contributed by atoms with E-state index in [0.29, 0.717) is 6.54 Å². The van der Waals surface area contributed by atoms with Crippen molar-refractivity contribution in [2.75, 3.05) is 13.1 Å². The van der Waals surface area contributed by atoms with Crippen LogP contribution < -0.4 is 5.32 Å². The SMILES string of the molecule is CCN(CC)C(=O)C1(NCc2ccno2)CCCCC1. The molecule has 1 aliphatic rings. The molecule has 1 aromatic rings. The van der Waals surface area contributed by atoms with E-state index in [9.17, 15) is 4.79 Å². The van der Waals surface area contributed by atoms with Gasteiger partial charge in [-0.05, 0) is 26.7 Å². The van der Waals surface area contributed by atoms with Gasteiger partial charge in [0.05, 0.1) is 18.3 Å². The van der Waals surface area contributed by atoms with Gasteiger partial charge in [-0.3, -0.25) is 10.1 Å². The maximum Gasteiger partial charge on any atom is 0.242 e. The monoisotopic (exact) mass is 279 g/mol. The summed E-state index contributed by atoms with van der Waals surface area (Å²) in [6.45, 7) is 6.16. The van der Waals surface area contributed by atoms with E-state index in [1.54, 1.807) is 6.20 Å². The van der Waals surface area contributed by atoms with Crippen molar-refractivity contribution in [1.29, 1.82) is 0 Å². The van der Waals surface area contributed by atoms with Gasteiger partial charge < -0.3 is 9.42 Å². The molecule has 20 heavy (non-hydrogen) atoms. The van der Waals surface area contributed by atoms with Crippen molar-refractivity contribution < 1.29 is 9.32 Å². The Labute approximate surface area is 120 Å². The van der Waals surface area contributed by atoms with Gasteiger partial charge in [-0.1, -0.05) is 24.4 Å². The smallest absolute Gasteiger partial charge is 0.242 e. The van der Waals surface area contributed by atoms with Gasteiger partial charge in [-0.25, -0.2) is 0 Å². The molecule has 5 nitrogen and oxygen atoms in total. The van der Waals surface area contributed by atoms with Gasteiger partial charge in [0, 0.05) is 19.2 Å². The Morgan fingerprint density at radius 2 is 2.05 bits per heavy atom. The largest absolute Gasteiger partial charge is 0.360 e. The van der Waals surface area contributed by atoms with Crippen LogP contribution in [0.25, 0.3) is 0 Å². The quantitative estimate of drug-likeness (QED) is 0.868. The van der Waals surface area contributed by atoms with Crippen LogP contribution in [0.4, 0.5) is 0 Å². The Balaban J connectivity index is 2.10. The molecule has 0 spiro atoms. The number of rotatable bonds is 6. The summed E-state index contributed by atoms with van der Waals surface area (Å²) in [7, 11) is 0. The molecule has 5 heteroatoms. The van der Waals surface area contributed by atoms with Crippen LogP contribution in [0.1, 0.15) is 51.7 Å². The summed E-state index contributed by atoms with van der Waals surface area (Å²) >= 11 is 0. The predicted molar refractivity (Wildman–Crippen MR) is 77.1 cm³/mol. The standard InChI is InChI=1S/C15H25N3O2/c1-3-18(4-2)14(19)15(9-6-5-7-10-15)16-12-13-8-11-17-20-13/h8,11,16H,3-7,9-10,12H2,1-2H3. The first-order valence-electron chi connectivity index (χ1n) is 7.66. The number of hydrogen-bond donors (Lipinski definition) is 1. The Kier molecular flexibility index (Phi) is 5.17. The molecule has 1 N–H and O–H groups in total. The van der Waals surface area contributed by atoms with Gasteiger partial charge in [-0.15, -0.1) is 0 Å². The second-order valence-electron chi connectivity index (χ2n) is 5.45. The van der Waals surface area contributed by atoms with Crippen molar-refractivity contribution in [3.05, 3.63) is 18.0 Å². The van der Waals surface area contributed by atoms with E-state index in [1.165, 1.54) is 6.42 Å². The van der Waals surface area contributed by atoms with Crippen LogP contribution in [0.2, 0.25) is 0 Å². The summed E-state index contributed by atoms with van der Waals surface area (Å²) in [6, 6.07) is 1.84. The average Bonchev–Trinajstić information content (AvgIpc) is 3.01. The minimum Gasteiger partial charge on any atom is -0.360 e. The minimum absolute atomic E-state index is 0.238. The number of aromatic nitrogens is 1. The summed E-state index contributed by atoms with van der Waals surface area (Å²) in [4.78, 5) is 14.8. The van der Waals surface area contributed by atoms with Gasteiger partial charge in [0.15, 0.2) is 0 Å². The first-order valence-corrected chi connectivity index (χ1v) is 7.66. The first-order chi connectivity index (χ1) is 9.72. The second-order valence-corrected chi connectivity index (χ2v) is 5.45. The second kappa shape index (κ2) is 6.88. The molecular weight excluding hydrogens is 254 g/mol. The molecule has 0 saturated heterocycles. The van der Waals surface area contributed by atoms with E-state index in [2.05, 4.69) is 10.5 Å². The summed E-state index contributed by atoms with van der Waals surface area (Å²) in [5.41, 5.74) is -0.420. The highest BCUT2D eigenvalue weighted by molar-refractivity contribution is 5.86. The first kappa shape index (κ1) is 15.0. The van der Waals surface area contributed by atoms with Gasteiger partial charge in [0.1, 0.15) is 5.76 Å². The topological polar surface area (TPSA) is 58.4 Å². The van der Waals surface area contributed by atoms with Gasteiger partial charge in [0.25, 0.3) is 0 Å². The lowest BCUT2D eigenvalue weighted by atomic mass is 9.80. The number of nitrogens with one attached hydrogen (secondary N) is 1. The Hall–Kier alpha value is -1.36. The zero-order chi connectivity index (χ0) is 14.4. The van der Waals surface area contributed by atoms with Gasteiger partial charge in [-0.2, -0.15) is 0 Å². The molecule has 1 heterocycles. The lowest BCUT2D eigenvalue weighted by molar-refractivity contribution is -0.139. The molecule has 0 bridgehead atoms. The average molecular weight is 279 g/mol. The number of hydrogen-bond acceptors (Lipinski definition) is 4. The van der Waals surface area contributed by atoms with Crippen LogP contribution in [0.3, 0.4) is 0 Å². The van der Waals surface area contributed by atoms with E-state index in [-0.39, 0.29) is 5.91 Å². The number of likely N-dealkylation sites (N-methyl/N-ethyl adjacent to an activating group) is 1. The normalized spacial score (nSPS) is 17.9. The molecule has 1 aromatic heterocycles. The summed E-state index contributed by atoms with van der Waals surface area (Å²) in [6.07, 6.45) is 6.90. The highest BCUT2D eigenvalue weighted by atomic mass is 16.5. The molecule has 0 aliphatic heterocycles. The summed E-state index contributed by atoms with van der Waals surface area (Å²) in [5, 5.41) is 7.17. The van der Waals surface area contributed by atoms with Crippen molar-refractivity contribution in [1.82, 2.24) is 15.4 Å². The highest BCUT2D eigenvalue weighted by Gasteiger charge is 2.41. The lowest BCUT2D eigenvalue weighted by Crippen LogP contribution is -2.58. The molecule has 1 amide bonds. The third kappa shape index (κ3) is 3.20. The molecular formula is C15H25N3O2. The molecule has 2 rings (SSSR count). The zero-order valence-corrected chi connectivity index (χ0v) is 12.5. The van der Waals surface area contributed by atoms with Crippen LogP contribution in [-0.2, 0) is 11.3 Å². The Morgan fingerprint density at radius 1 is 1.35 bits per heavy atom. The molecule has 0 radical (unpaired) electrons. The highest BCUT2D eigenvalue weighted by Crippen LogP contribution is 2.30. The van der Waals surface area contributed by atoms with E-state index in [4.69, 9.17) is 4.52 Å². The van der Waals surface area contributed by atoms with Crippen LogP contribution in [0.5, 0.6) is 0 Å². The maximum atomic E-state index is 12.9. The summed E-state index contributed by atoms with van der Waals surface area (Å²) in [5.74, 6) is 1.02. The van der Waals surface area contributed by atoms with Crippen LogP contribution in [0, 0.1) is 0 Å². The molecule has 1 saturated carbocycles. The van der Waals surface area contributed by atoms with Crippen LogP contribution in [-0.4, -0.2) is 34.6 Å². The molecule has 1 fully saturated rings. The van der Waals surface area contributed by atoms with Crippen LogP contribution in [0.15, 0.2) is 16.8 Å². The molecule has 0 aromatic carbocycles. The fraction of sp³-hybridized carbons (Fsp3) is 0.733. The number of carbonyl (C=O) groups excluding carboxylic acids is 1. The minimum atomic E-state index is -0.420. The van der Waals surface area contributed by atoms with Crippen molar-refractivity contribution in [2.45, 2.75) is 58.0 Å². The van der Waals surface area contributed by atoms with Crippen molar-refractivity contribution in [3.8, 4) is 0 Å². The molecule has 0 atom stereocenters. The third-order valence-electron chi connectivity index (χ3n) is 4.26. The fourth-order valence-corrected chi connectivity index (χ4v) is 3.02. The van der Waals surface area contributed by atoms with E-state index in [1.807, 2.05) is 24.8 Å². The number of nitrogens with zero attached hydrogens (tertiary/aromatic N) is 2. The van der Waals surface area contributed by atoms with E-state index < -0.39 is 5.54 Å². The van der Waals surface area contributed by atoms with Crippen LogP contribution >= 0.6 is 0 Å². The van der Waals surface area contributed by atoms with Crippen molar-refractivity contribution in [3.63, 3.8) is 0 Å². The predicted octanol–water partition coefficient (Wildman–Crippen LogP) is 2.34. The number of carbonyl (C=O) groups is 1. The van der Waals surface area contributed by atoms with Gasteiger partial charge in [0.2, 0.25) is 5.91 Å². The maximum absolute atomic E-state index is 12.9. The lowest BCUT2D eigenvalue weighted by Gasteiger charge is -2.40. The Morgan fingerprint density at radius 3 is 2.60 bits per heavy atom. The molecule has 0 unspecified atom stereocenters. The van der Waals surface area contributed by atoms with E-state index in [0.717, 1.165) is 44.5 Å². The molecule has 1 aliphatic carbocycles. The molecule has 112 valence electrons. The third-order valence-corrected chi connectivity index (χ3v) is 4.26. The van der Waals surface area contributed by atoms with Gasteiger partial charge >= 0.3 is 0 Å². The zero-order valence-electron chi connectivity index (χ0n) is 12.5. The van der Waals surface area contributed by atoms with E-state index >= 15 is 0 Å². The Bertz CT molecular complexity index is 407. The summed E-state index contributed by atoms with van der Waals surface area (Å²) < 4.78 is 5.13. The van der Waals surface area contributed by atoms with Crippen molar-refractivity contribution >= 4 is 5.91 Å². The fourth-order valence-electron chi connectivity index (χ4n) is 3.02. The van der Waals surface area contributed by atoms with Crippen molar-refractivity contribution in [2.24, 2.45) is 0 Å². The number of amides is 1.